The van der Waals surface area contributed by atoms with Crippen LogP contribution in [0, 0.1) is 46.3 Å². The first-order valence-electron chi connectivity index (χ1n) is 10.7. The molecule has 4 aliphatic rings. The zero-order chi connectivity index (χ0) is 17.3. The summed E-state index contributed by atoms with van der Waals surface area (Å²) in [7, 11) is 0. The fourth-order valence-electron chi connectivity index (χ4n) is 8.49. The average molecular weight is 327 g/mol. The maximum Gasteiger partial charge on any atom is -0.00168 e. The average Bonchev–Trinajstić information content (AvgIpc) is 2.89. The molecule has 0 spiro atoms. The SMILES string of the molecule is C=C1CCC2C(C)C[C@H]3[C@@H]4CC[C@H](CC)[C@@]4(C)CC[C@@H]3[C@@]2(C)C1=C. The molecule has 0 heterocycles. The third-order valence-corrected chi connectivity index (χ3v) is 9.83. The smallest absolute Gasteiger partial charge is 0.00168 e. The van der Waals surface area contributed by atoms with Crippen LogP contribution in [0.3, 0.4) is 0 Å². The van der Waals surface area contributed by atoms with Crippen molar-refractivity contribution in [2.75, 3.05) is 0 Å². The number of fused-ring (bicyclic) bond motifs is 5. The molecule has 0 aliphatic heterocycles. The lowest BCUT2D eigenvalue weighted by atomic mass is 9.42. The Balaban J connectivity index is 1.72. The largest absolute Gasteiger partial charge is 0.0956 e. The molecule has 4 saturated carbocycles. The molecule has 0 heteroatoms. The van der Waals surface area contributed by atoms with E-state index in [1.54, 1.807) is 0 Å². The van der Waals surface area contributed by atoms with Crippen molar-refractivity contribution in [1.29, 1.82) is 0 Å². The number of allylic oxidation sites excluding steroid dienone is 2. The second-order valence-corrected chi connectivity index (χ2v) is 10.3. The predicted octanol–water partition coefficient (Wildman–Crippen LogP) is 7.02. The summed E-state index contributed by atoms with van der Waals surface area (Å²) in [5.74, 6) is 5.49. The summed E-state index contributed by atoms with van der Waals surface area (Å²) in [6.07, 6.45) is 11.3. The standard InChI is InChI=1S/C24H38/c1-7-18-9-11-21-19-14-16(3)20-10-8-15(2)17(4)24(20,6)22(19)12-13-23(18,21)5/h16,18-22H,2,4,7-14H2,1,3,5-6H3/t16?,18-,19-,20?,21-,22-,23+,24-/m0/s1. The van der Waals surface area contributed by atoms with Crippen LogP contribution in [0.25, 0.3) is 0 Å². The van der Waals surface area contributed by atoms with Crippen LogP contribution in [-0.4, -0.2) is 0 Å². The maximum absolute atomic E-state index is 4.61. The minimum absolute atomic E-state index is 0.337. The molecule has 0 aromatic rings. The summed E-state index contributed by atoms with van der Waals surface area (Å²) in [6.45, 7) is 19.2. The molecule has 0 nitrogen and oxygen atoms in total. The lowest BCUT2D eigenvalue weighted by molar-refractivity contribution is -0.105. The Morgan fingerprint density at radius 3 is 2.46 bits per heavy atom. The van der Waals surface area contributed by atoms with Crippen LogP contribution in [0.15, 0.2) is 24.3 Å². The lowest BCUT2D eigenvalue weighted by Crippen LogP contribution is -2.55. The first-order valence-corrected chi connectivity index (χ1v) is 10.7. The van der Waals surface area contributed by atoms with Crippen molar-refractivity contribution in [1.82, 2.24) is 0 Å². The Hall–Kier alpha value is -0.520. The third kappa shape index (κ3) is 1.98. The van der Waals surface area contributed by atoms with Crippen LogP contribution in [0.4, 0.5) is 0 Å². The van der Waals surface area contributed by atoms with Crippen LogP contribution in [0.2, 0.25) is 0 Å². The van der Waals surface area contributed by atoms with Gasteiger partial charge in [-0.15, -0.1) is 0 Å². The lowest BCUT2D eigenvalue weighted by Gasteiger charge is -2.63. The summed E-state index contributed by atoms with van der Waals surface area (Å²) in [5.41, 5.74) is 3.77. The van der Waals surface area contributed by atoms with Crippen LogP contribution in [-0.2, 0) is 0 Å². The zero-order valence-corrected chi connectivity index (χ0v) is 16.5. The van der Waals surface area contributed by atoms with Gasteiger partial charge in [0, 0.05) is 0 Å². The molecule has 0 N–H and O–H groups in total. The molecular weight excluding hydrogens is 288 g/mol. The molecule has 4 fully saturated rings. The fraction of sp³-hybridized carbons (Fsp3) is 0.833. The van der Waals surface area contributed by atoms with E-state index in [0.29, 0.717) is 10.8 Å². The predicted molar refractivity (Wildman–Crippen MR) is 104 cm³/mol. The molecule has 0 saturated heterocycles. The monoisotopic (exact) mass is 326 g/mol. The Morgan fingerprint density at radius 1 is 1.00 bits per heavy atom. The molecule has 0 radical (unpaired) electrons. The Morgan fingerprint density at radius 2 is 1.75 bits per heavy atom. The Bertz CT molecular complexity index is 556. The van der Waals surface area contributed by atoms with E-state index in [0.717, 1.165) is 35.5 Å². The molecule has 4 aliphatic carbocycles. The van der Waals surface area contributed by atoms with E-state index in [-0.39, 0.29) is 0 Å². The van der Waals surface area contributed by atoms with Crippen molar-refractivity contribution in [3.8, 4) is 0 Å². The van der Waals surface area contributed by atoms with E-state index in [9.17, 15) is 0 Å². The van der Waals surface area contributed by atoms with E-state index < -0.39 is 0 Å². The highest BCUT2D eigenvalue weighted by Crippen LogP contribution is 2.69. The minimum atomic E-state index is 0.337. The molecule has 0 amide bonds. The van der Waals surface area contributed by atoms with Crippen molar-refractivity contribution in [2.45, 2.75) is 79.1 Å². The van der Waals surface area contributed by atoms with Crippen molar-refractivity contribution in [3.63, 3.8) is 0 Å². The van der Waals surface area contributed by atoms with Crippen molar-refractivity contribution in [3.05, 3.63) is 24.3 Å². The van der Waals surface area contributed by atoms with Gasteiger partial charge < -0.3 is 0 Å². The molecule has 134 valence electrons. The zero-order valence-electron chi connectivity index (χ0n) is 16.5. The van der Waals surface area contributed by atoms with Gasteiger partial charge >= 0.3 is 0 Å². The van der Waals surface area contributed by atoms with Gasteiger partial charge in [-0.1, -0.05) is 52.8 Å². The molecule has 8 atom stereocenters. The quantitative estimate of drug-likeness (QED) is 0.485. The number of rotatable bonds is 1. The summed E-state index contributed by atoms with van der Waals surface area (Å²) < 4.78 is 0. The topological polar surface area (TPSA) is 0 Å². The first kappa shape index (κ1) is 16.9. The van der Waals surface area contributed by atoms with Gasteiger partial charge in [-0.05, 0) is 96.9 Å². The molecular formula is C24H38. The summed E-state index contributed by atoms with van der Waals surface area (Å²) in [4.78, 5) is 0. The van der Waals surface area contributed by atoms with E-state index >= 15 is 0 Å². The fourth-order valence-corrected chi connectivity index (χ4v) is 8.49. The molecule has 24 heavy (non-hydrogen) atoms. The van der Waals surface area contributed by atoms with Gasteiger partial charge in [0.15, 0.2) is 0 Å². The maximum atomic E-state index is 4.61. The minimum Gasteiger partial charge on any atom is -0.0956 e. The first-order chi connectivity index (χ1) is 11.3. The second-order valence-electron chi connectivity index (χ2n) is 10.3. The highest BCUT2D eigenvalue weighted by atomic mass is 14.7. The molecule has 4 rings (SSSR count). The van der Waals surface area contributed by atoms with Crippen LogP contribution in [0.5, 0.6) is 0 Å². The van der Waals surface area contributed by atoms with Gasteiger partial charge in [-0.25, -0.2) is 0 Å². The molecule has 0 bridgehead atoms. The van der Waals surface area contributed by atoms with Gasteiger partial charge in [-0.2, -0.15) is 0 Å². The Labute approximate surface area is 150 Å². The number of hydrogen-bond acceptors (Lipinski definition) is 0. The Kier molecular flexibility index (Phi) is 3.87. The normalized spacial score (nSPS) is 54.2. The highest BCUT2D eigenvalue weighted by molar-refractivity contribution is 5.37. The molecule has 0 aromatic carbocycles. The molecule has 0 aromatic heterocycles. The summed E-state index contributed by atoms with van der Waals surface area (Å²) >= 11 is 0. The van der Waals surface area contributed by atoms with E-state index in [2.05, 4.69) is 40.9 Å². The van der Waals surface area contributed by atoms with Crippen LogP contribution >= 0.6 is 0 Å². The van der Waals surface area contributed by atoms with Gasteiger partial charge in [0.2, 0.25) is 0 Å². The third-order valence-electron chi connectivity index (χ3n) is 9.83. The summed E-state index contributed by atoms with van der Waals surface area (Å²) in [5, 5.41) is 0. The van der Waals surface area contributed by atoms with Crippen molar-refractivity contribution >= 4 is 0 Å². The number of hydrogen-bond donors (Lipinski definition) is 0. The van der Waals surface area contributed by atoms with Crippen molar-refractivity contribution in [2.24, 2.45) is 46.3 Å². The van der Waals surface area contributed by atoms with Gasteiger partial charge in [-0.3, -0.25) is 0 Å². The second kappa shape index (κ2) is 5.49. The van der Waals surface area contributed by atoms with Crippen LogP contribution in [0.1, 0.15) is 79.1 Å². The van der Waals surface area contributed by atoms with E-state index in [1.807, 2.05) is 0 Å². The van der Waals surface area contributed by atoms with Gasteiger partial charge in [0.25, 0.3) is 0 Å². The molecule has 2 unspecified atom stereocenters. The van der Waals surface area contributed by atoms with E-state index in [1.165, 1.54) is 62.5 Å². The van der Waals surface area contributed by atoms with E-state index in [4.69, 9.17) is 0 Å². The van der Waals surface area contributed by atoms with Gasteiger partial charge in [0.05, 0.1) is 0 Å². The van der Waals surface area contributed by atoms with Crippen molar-refractivity contribution < 1.29 is 0 Å². The summed E-state index contributed by atoms with van der Waals surface area (Å²) in [6, 6.07) is 0. The highest BCUT2D eigenvalue weighted by Gasteiger charge is 2.61. The van der Waals surface area contributed by atoms with Crippen LogP contribution < -0.4 is 0 Å². The van der Waals surface area contributed by atoms with Gasteiger partial charge in [0.1, 0.15) is 0 Å².